The second-order valence-electron chi connectivity index (χ2n) is 5.44. The SMILES string of the molecule is O=C1NC(=O)C2(CCCCC2)C(=O)N1CCc1ncno1. The van der Waals surface area contributed by atoms with Gasteiger partial charge in [0.15, 0.2) is 6.33 Å². The van der Waals surface area contributed by atoms with Crippen LogP contribution in [0.25, 0.3) is 0 Å². The number of barbiturate groups is 1. The summed E-state index contributed by atoms with van der Waals surface area (Å²) >= 11 is 0. The molecule has 1 aliphatic carbocycles. The molecule has 8 nitrogen and oxygen atoms in total. The van der Waals surface area contributed by atoms with E-state index in [0.29, 0.717) is 18.7 Å². The number of carbonyl (C=O) groups excluding carboxylic acids is 3. The molecule has 4 amide bonds. The molecule has 0 aromatic carbocycles. The number of carbonyl (C=O) groups is 3. The van der Waals surface area contributed by atoms with E-state index in [1.54, 1.807) is 0 Å². The monoisotopic (exact) mass is 292 g/mol. The zero-order chi connectivity index (χ0) is 14.9. The van der Waals surface area contributed by atoms with E-state index in [2.05, 4.69) is 15.5 Å². The maximum atomic E-state index is 12.7. The van der Waals surface area contributed by atoms with Crippen LogP contribution >= 0.6 is 0 Å². The summed E-state index contributed by atoms with van der Waals surface area (Å²) in [6.07, 6.45) is 5.21. The molecular formula is C13H16N4O4. The number of imide groups is 2. The lowest BCUT2D eigenvalue weighted by Crippen LogP contribution is -2.64. The van der Waals surface area contributed by atoms with Gasteiger partial charge in [-0.3, -0.25) is 19.8 Å². The molecule has 0 unspecified atom stereocenters. The molecule has 2 heterocycles. The topological polar surface area (TPSA) is 105 Å². The predicted octanol–water partition coefficient (Wildman–Crippen LogP) is 0.641. The quantitative estimate of drug-likeness (QED) is 0.820. The van der Waals surface area contributed by atoms with Gasteiger partial charge in [0, 0.05) is 13.0 Å². The van der Waals surface area contributed by atoms with Crippen LogP contribution in [0.4, 0.5) is 4.79 Å². The van der Waals surface area contributed by atoms with Gasteiger partial charge < -0.3 is 4.52 Å². The number of nitrogens with zero attached hydrogens (tertiary/aromatic N) is 3. The van der Waals surface area contributed by atoms with Crippen LogP contribution in [0.5, 0.6) is 0 Å². The molecule has 8 heteroatoms. The Labute approximate surface area is 120 Å². The van der Waals surface area contributed by atoms with E-state index in [9.17, 15) is 14.4 Å². The van der Waals surface area contributed by atoms with E-state index in [-0.39, 0.29) is 13.0 Å². The predicted molar refractivity (Wildman–Crippen MR) is 68.8 cm³/mol. The Bertz CT molecular complexity index is 563. The largest absolute Gasteiger partial charge is 0.340 e. The normalized spacial score (nSPS) is 21.7. The Morgan fingerprint density at radius 1 is 1.24 bits per heavy atom. The number of hydrogen-bond donors (Lipinski definition) is 1. The van der Waals surface area contributed by atoms with Crippen LogP contribution in [0.2, 0.25) is 0 Å². The van der Waals surface area contributed by atoms with E-state index in [1.165, 1.54) is 6.33 Å². The van der Waals surface area contributed by atoms with Gasteiger partial charge in [-0.05, 0) is 12.8 Å². The van der Waals surface area contributed by atoms with Crippen molar-refractivity contribution in [2.24, 2.45) is 5.41 Å². The van der Waals surface area contributed by atoms with Crippen molar-refractivity contribution in [2.45, 2.75) is 38.5 Å². The molecule has 1 N–H and O–H groups in total. The summed E-state index contributed by atoms with van der Waals surface area (Å²) in [6.45, 7) is 0.127. The standard InChI is InChI=1S/C13H16N4O4/c18-10-13(5-2-1-3-6-13)11(19)17(12(20)16-10)7-4-9-14-8-15-21-9/h8H,1-7H2,(H,16,18,20). The highest BCUT2D eigenvalue weighted by Crippen LogP contribution is 2.40. The second kappa shape index (κ2) is 5.27. The molecule has 2 aliphatic rings. The van der Waals surface area contributed by atoms with Crippen LogP contribution in [-0.4, -0.2) is 39.4 Å². The Morgan fingerprint density at radius 3 is 2.67 bits per heavy atom. The molecule has 1 saturated heterocycles. The highest BCUT2D eigenvalue weighted by Gasteiger charge is 2.53. The molecule has 1 spiro atoms. The lowest BCUT2D eigenvalue weighted by atomic mass is 9.71. The van der Waals surface area contributed by atoms with Crippen molar-refractivity contribution in [2.75, 3.05) is 6.54 Å². The van der Waals surface area contributed by atoms with E-state index in [1.807, 2.05) is 0 Å². The third-order valence-electron chi connectivity index (χ3n) is 4.22. The van der Waals surface area contributed by atoms with Crippen molar-refractivity contribution >= 4 is 17.8 Å². The molecule has 112 valence electrons. The van der Waals surface area contributed by atoms with Gasteiger partial charge in [0.2, 0.25) is 17.7 Å². The summed E-state index contributed by atoms with van der Waals surface area (Å²) in [4.78, 5) is 41.7. The molecule has 1 saturated carbocycles. The van der Waals surface area contributed by atoms with Crippen molar-refractivity contribution in [3.05, 3.63) is 12.2 Å². The summed E-state index contributed by atoms with van der Waals surface area (Å²) in [5, 5.41) is 5.79. The maximum Gasteiger partial charge on any atom is 0.330 e. The van der Waals surface area contributed by atoms with Crippen molar-refractivity contribution < 1.29 is 18.9 Å². The molecule has 1 aromatic heterocycles. The van der Waals surface area contributed by atoms with Gasteiger partial charge in [0.1, 0.15) is 5.41 Å². The number of rotatable bonds is 3. The van der Waals surface area contributed by atoms with Gasteiger partial charge in [-0.2, -0.15) is 4.98 Å². The van der Waals surface area contributed by atoms with Crippen LogP contribution in [-0.2, 0) is 16.0 Å². The van der Waals surface area contributed by atoms with E-state index in [4.69, 9.17) is 4.52 Å². The first-order valence-electron chi connectivity index (χ1n) is 7.06. The minimum atomic E-state index is -1.07. The molecule has 0 bridgehead atoms. The third kappa shape index (κ3) is 2.30. The smallest absolute Gasteiger partial charge is 0.330 e. The summed E-state index contributed by atoms with van der Waals surface area (Å²) in [5.41, 5.74) is -1.07. The van der Waals surface area contributed by atoms with E-state index >= 15 is 0 Å². The summed E-state index contributed by atoms with van der Waals surface area (Å²) in [5.74, 6) is -0.494. The fourth-order valence-corrected chi connectivity index (χ4v) is 3.04. The summed E-state index contributed by atoms with van der Waals surface area (Å²) in [6, 6.07) is -0.666. The molecule has 2 fully saturated rings. The Kier molecular flexibility index (Phi) is 3.44. The van der Waals surface area contributed by atoms with Gasteiger partial charge in [-0.1, -0.05) is 24.4 Å². The average molecular weight is 292 g/mol. The summed E-state index contributed by atoms with van der Waals surface area (Å²) < 4.78 is 4.86. The van der Waals surface area contributed by atoms with Crippen LogP contribution in [0, 0.1) is 5.41 Å². The first-order valence-corrected chi connectivity index (χ1v) is 7.06. The zero-order valence-corrected chi connectivity index (χ0v) is 11.5. The fourth-order valence-electron chi connectivity index (χ4n) is 3.04. The van der Waals surface area contributed by atoms with Crippen molar-refractivity contribution in [1.29, 1.82) is 0 Å². The number of amides is 4. The molecule has 1 aromatic rings. The minimum absolute atomic E-state index is 0.127. The number of urea groups is 1. The van der Waals surface area contributed by atoms with E-state index in [0.717, 1.165) is 24.2 Å². The summed E-state index contributed by atoms with van der Waals surface area (Å²) in [7, 11) is 0. The van der Waals surface area contributed by atoms with Gasteiger partial charge in [0.25, 0.3) is 0 Å². The van der Waals surface area contributed by atoms with Gasteiger partial charge in [0.05, 0.1) is 0 Å². The van der Waals surface area contributed by atoms with Crippen LogP contribution in [0.3, 0.4) is 0 Å². The van der Waals surface area contributed by atoms with Crippen LogP contribution in [0.15, 0.2) is 10.9 Å². The van der Waals surface area contributed by atoms with Crippen LogP contribution < -0.4 is 5.32 Å². The fraction of sp³-hybridized carbons (Fsp3) is 0.615. The Morgan fingerprint density at radius 2 is 2.00 bits per heavy atom. The molecule has 1 aliphatic heterocycles. The highest BCUT2D eigenvalue weighted by atomic mass is 16.5. The van der Waals surface area contributed by atoms with Crippen molar-refractivity contribution in [3.63, 3.8) is 0 Å². The molecule has 0 atom stereocenters. The lowest BCUT2D eigenvalue weighted by Gasteiger charge is -2.41. The number of nitrogens with one attached hydrogen (secondary N) is 1. The molecular weight excluding hydrogens is 276 g/mol. The average Bonchev–Trinajstić information content (AvgIpc) is 3.00. The van der Waals surface area contributed by atoms with E-state index < -0.39 is 23.3 Å². The lowest BCUT2D eigenvalue weighted by molar-refractivity contribution is -0.153. The second-order valence-corrected chi connectivity index (χ2v) is 5.44. The van der Waals surface area contributed by atoms with Gasteiger partial charge in [-0.25, -0.2) is 4.79 Å². The Balaban J connectivity index is 1.77. The van der Waals surface area contributed by atoms with Crippen molar-refractivity contribution in [3.8, 4) is 0 Å². The number of hydrogen-bond acceptors (Lipinski definition) is 6. The van der Waals surface area contributed by atoms with Crippen molar-refractivity contribution in [1.82, 2.24) is 20.4 Å². The molecule has 3 rings (SSSR count). The first-order chi connectivity index (χ1) is 10.1. The Hall–Kier alpha value is -2.25. The highest BCUT2D eigenvalue weighted by molar-refractivity contribution is 6.19. The first kappa shape index (κ1) is 13.7. The third-order valence-corrected chi connectivity index (χ3v) is 4.22. The minimum Gasteiger partial charge on any atom is -0.340 e. The zero-order valence-electron chi connectivity index (χ0n) is 11.5. The maximum absolute atomic E-state index is 12.7. The molecule has 21 heavy (non-hydrogen) atoms. The van der Waals surface area contributed by atoms with Crippen LogP contribution in [0.1, 0.15) is 38.0 Å². The van der Waals surface area contributed by atoms with Gasteiger partial charge in [-0.15, -0.1) is 0 Å². The molecule has 0 radical (unpaired) electrons. The van der Waals surface area contributed by atoms with Gasteiger partial charge >= 0.3 is 6.03 Å². The number of aromatic nitrogens is 2.